The van der Waals surface area contributed by atoms with E-state index in [-0.39, 0.29) is 5.95 Å². The third-order valence-electron chi connectivity index (χ3n) is 1.88. The number of aromatic nitrogens is 2. The van der Waals surface area contributed by atoms with Crippen molar-refractivity contribution >= 4 is 29.2 Å². The Morgan fingerprint density at radius 1 is 1.19 bits per heavy atom. The van der Waals surface area contributed by atoms with E-state index in [0.29, 0.717) is 22.3 Å². The topological polar surface area (TPSA) is 55.0 Å². The number of nitrogens with two attached hydrogens (primary N) is 1. The smallest absolute Gasteiger partial charge is 0.222 e. The van der Waals surface area contributed by atoms with Crippen LogP contribution >= 0.6 is 23.2 Å². The number of likely N-dealkylation sites (N-methyl/N-ethyl adjacent to an activating group) is 1. The van der Waals surface area contributed by atoms with Gasteiger partial charge in [0, 0.05) is 12.1 Å². The first kappa shape index (κ1) is 13.2. The van der Waals surface area contributed by atoms with Gasteiger partial charge in [-0.15, -0.1) is 0 Å². The Morgan fingerprint density at radius 2 is 1.75 bits per heavy atom. The highest BCUT2D eigenvalue weighted by molar-refractivity contribution is 6.34. The molecule has 1 rings (SSSR count). The summed E-state index contributed by atoms with van der Waals surface area (Å²) in [5.74, 6) is 0.0935. The number of hydrogen-bond acceptors (Lipinski definition) is 4. The van der Waals surface area contributed by atoms with Crippen LogP contribution in [-0.2, 0) is 6.42 Å². The minimum atomic E-state index is 0.0935. The third kappa shape index (κ3) is 3.96. The number of nitrogen functional groups attached to an aromatic ring is 1. The van der Waals surface area contributed by atoms with Gasteiger partial charge in [0.1, 0.15) is 10.3 Å². The van der Waals surface area contributed by atoms with Crippen LogP contribution in [0.25, 0.3) is 0 Å². The van der Waals surface area contributed by atoms with Crippen molar-refractivity contribution in [3.63, 3.8) is 0 Å². The maximum absolute atomic E-state index is 5.92. The molecule has 1 aromatic rings. The Bertz CT molecular complexity index is 367. The normalized spacial score (nSPS) is 11.6. The second-order valence-electron chi connectivity index (χ2n) is 3.58. The third-order valence-corrected chi connectivity index (χ3v) is 2.51. The Labute approximate surface area is 105 Å². The molecule has 88 valence electrons. The van der Waals surface area contributed by atoms with E-state index in [1.54, 1.807) is 0 Å². The van der Waals surface area contributed by atoms with Crippen LogP contribution < -0.4 is 5.73 Å². The summed E-state index contributed by atoms with van der Waals surface area (Å²) < 4.78 is 0. The molecular weight excluding hydrogens is 247 g/mol. The van der Waals surface area contributed by atoms with Crippen molar-refractivity contribution < 1.29 is 0 Å². The van der Waals surface area contributed by atoms with Crippen LogP contribution in [-0.4, -0.2) is 35.5 Å². The molecule has 6 heteroatoms. The lowest BCUT2D eigenvalue weighted by molar-refractivity contribution is 0.456. The molecular formula is C10H14Cl2N4. The van der Waals surface area contributed by atoms with Crippen LogP contribution in [0.1, 0.15) is 5.56 Å². The molecule has 0 atom stereocenters. The van der Waals surface area contributed by atoms with E-state index in [9.17, 15) is 0 Å². The van der Waals surface area contributed by atoms with Crippen molar-refractivity contribution in [3.05, 3.63) is 28.0 Å². The van der Waals surface area contributed by atoms with E-state index in [2.05, 4.69) is 14.9 Å². The molecule has 0 aromatic carbocycles. The van der Waals surface area contributed by atoms with Gasteiger partial charge in [0.05, 0.1) is 0 Å². The van der Waals surface area contributed by atoms with E-state index in [4.69, 9.17) is 28.9 Å². The lowest BCUT2D eigenvalue weighted by atomic mass is 10.2. The molecule has 0 aliphatic heterocycles. The van der Waals surface area contributed by atoms with E-state index in [1.807, 2.05) is 26.2 Å². The molecule has 0 saturated carbocycles. The van der Waals surface area contributed by atoms with Gasteiger partial charge in [0.2, 0.25) is 5.95 Å². The molecule has 0 bridgehead atoms. The predicted octanol–water partition coefficient (Wildman–Crippen LogP) is 2.03. The zero-order valence-electron chi connectivity index (χ0n) is 9.24. The van der Waals surface area contributed by atoms with Crippen molar-refractivity contribution in [1.82, 2.24) is 14.9 Å². The van der Waals surface area contributed by atoms with Crippen molar-refractivity contribution in [1.29, 1.82) is 0 Å². The van der Waals surface area contributed by atoms with Crippen LogP contribution in [0, 0.1) is 0 Å². The SMILES string of the molecule is CN(C)C/C=C/Cc1c(Cl)nc(N)nc1Cl. The number of nitrogens with zero attached hydrogens (tertiary/aromatic N) is 3. The highest BCUT2D eigenvalue weighted by Gasteiger charge is 2.08. The highest BCUT2D eigenvalue weighted by atomic mass is 35.5. The van der Waals surface area contributed by atoms with Crippen LogP contribution in [0.2, 0.25) is 10.3 Å². The number of halogens is 2. The first-order chi connectivity index (χ1) is 7.50. The summed E-state index contributed by atoms with van der Waals surface area (Å²) in [4.78, 5) is 9.76. The molecule has 0 amide bonds. The van der Waals surface area contributed by atoms with E-state index in [1.165, 1.54) is 0 Å². The predicted molar refractivity (Wildman–Crippen MR) is 67.9 cm³/mol. The molecule has 1 aromatic heterocycles. The van der Waals surface area contributed by atoms with Crippen molar-refractivity contribution in [2.45, 2.75) is 6.42 Å². The maximum atomic E-state index is 5.92. The minimum Gasteiger partial charge on any atom is -0.368 e. The van der Waals surface area contributed by atoms with Crippen LogP contribution in [0.3, 0.4) is 0 Å². The fraction of sp³-hybridized carbons (Fsp3) is 0.400. The number of allylic oxidation sites excluding steroid dienone is 1. The monoisotopic (exact) mass is 260 g/mol. The van der Waals surface area contributed by atoms with E-state index < -0.39 is 0 Å². The first-order valence-electron chi connectivity index (χ1n) is 4.78. The molecule has 0 aliphatic carbocycles. The lowest BCUT2D eigenvalue weighted by Crippen LogP contribution is -2.10. The van der Waals surface area contributed by atoms with Crippen LogP contribution in [0.15, 0.2) is 12.2 Å². The van der Waals surface area contributed by atoms with Crippen molar-refractivity contribution in [2.75, 3.05) is 26.4 Å². The molecule has 0 spiro atoms. The van der Waals surface area contributed by atoms with E-state index >= 15 is 0 Å². The van der Waals surface area contributed by atoms with Gasteiger partial charge in [-0.05, 0) is 20.5 Å². The Kier molecular flexibility index (Phi) is 4.99. The van der Waals surface area contributed by atoms with Crippen molar-refractivity contribution in [2.24, 2.45) is 0 Å². The largest absolute Gasteiger partial charge is 0.368 e. The highest BCUT2D eigenvalue weighted by Crippen LogP contribution is 2.22. The second-order valence-corrected chi connectivity index (χ2v) is 4.30. The summed E-state index contributed by atoms with van der Waals surface area (Å²) in [5.41, 5.74) is 6.11. The molecule has 1 heterocycles. The average molecular weight is 261 g/mol. The second kappa shape index (κ2) is 6.03. The number of anilines is 1. The summed E-state index contributed by atoms with van der Waals surface area (Å²) in [6, 6.07) is 0. The standard InChI is InChI=1S/C10H14Cl2N4/c1-16(2)6-4-3-5-7-8(11)14-10(13)15-9(7)12/h3-4H,5-6H2,1-2H3,(H2,13,14,15)/b4-3+. The van der Waals surface area contributed by atoms with Gasteiger partial charge in [0.15, 0.2) is 0 Å². The fourth-order valence-electron chi connectivity index (χ4n) is 1.10. The molecule has 0 unspecified atom stereocenters. The van der Waals surface area contributed by atoms with Gasteiger partial charge in [-0.25, -0.2) is 9.97 Å². The molecule has 4 nitrogen and oxygen atoms in total. The summed E-state index contributed by atoms with van der Waals surface area (Å²) >= 11 is 11.8. The zero-order chi connectivity index (χ0) is 12.1. The Hall–Kier alpha value is -0.840. The van der Waals surface area contributed by atoms with E-state index in [0.717, 1.165) is 6.54 Å². The van der Waals surface area contributed by atoms with Gasteiger partial charge in [-0.1, -0.05) is 35.4 Å². The zero-order valence-corrected chi connectivity index (χ0v) is 10.8. The summed E-state index contributed by atoms with van der Waals surface area (Å²) in [7, 11) is 3.99. The minimum absolute atomic E-state index is 0.0935. The van der Waals surface area contributed by atoms with Crippen LogP contribution in [0.4, 0.5) is 5.95 Å². The molecule has 0 aliphatic rings. The molecule has 16 heavy (non-hydrogen) atoms. The van der Waals surface area contributed by atoms with Gasteiger partial charge in [-0.2, -0.15) is 0 Å². The van der Waals surface area contributed by atoms with Gasteiger partial charge < -0.3 is 10.6 Å². The maximum Gasteiger partial charge on any atom is 0.222 e. The Balaban J connectivity index is 2.71. The van der Waals surface area contributed by atoms with Gasteiger partial charge in [0.25, 0.3) is 0 Å². The number of hydrogen-bond donors (Lipinski definition) is 1. The molecule has 0 fully saturated rings. The van der Waals surface area contributed by atoms with Crippen LogP contribution in [0.5, 0.6) is 0 Å². The number of rotatable bonds is 4. The molecule has 0 radical (unpaired) electrons. The first-order valence-corrected chi connectivity index (χ1v) is 5.53. The average Bonchev–Trinajstić information content (AvgIpc) is 2.14. The lowest BCUT2D eigenvalue weighted by Gasteiger charge is -2.05. The molecule has 2 N–H and O–H groups in total. The summed E-state index contributed by atoms with van der Waals surface area (Å²) in [6.45, 7) is 0.866. The molecule has 0 saturated heterocycles. The fourth-order valence-corrected chi connectivity index (χ4v) is 1.66. The van der Waals surface area contributed by atoms with Gasteiger partial charge >= 0.3 is 0 Å². The van der Waals surface area contributed by atoms with Gasteiger partial charge in [-0.3, -0.25) is 0 Å². The quantitative estimate of drug-likeness (QED) is 0.665. The summed E-state index contributed by atoms with van der Waals surface area (Å²) in [6.07, 6.45) is 4.61. The Morgan fingerprint density at radius 3 is 2.25 bits per heavy atom. The van der Waals surface area contributed by atoms with Crippen molar-refractivity contribution in [3.8, 4) is 0 Å². The summed E-state index contributed by atoms with van der Waals surface area (Å²) in [5, 5.41) is 0.624.